The molecule has 2 heterocycles. The highest BCUT2D eigenvalue weighted by molar-refractivity contribution is 7.91. The van der Waals surface area contributed by atoms with Gasteiger partial charge in [0.1, 0.15) is 18.1 Å². The lowest BCUT2D eigenvalue weighted by molar-refractivity contribution is 0.102. The zero-order chi connectivity index (χ0) is 24.5. The van der Waals surface area contributed by atoms with Crippen LogP contribution in [-0.4, -0.2) is 29.6 Å². The molecule has 9 nitrogen and oxygen atoms in total. The summed E-state index contributed by atoms with van der Waals surface area (Å²) in [6.45, 7) is 5.04. The van der Waals surface area contributed by atoms with E-state index in [1.165, 1.54) is 24.3 Å². The number of aryl methyl sites for hydroxylation is 2. The number of anilines is 1. The Kier molecular flexibility index (Phi) is 6.25. The van der Waals surface area contributed by atoms with Crippen LogP contribution in [0.1, 0.15) is 34.3 Å². The number of ether oxygens (including phenoxy) is 1. The van der Waals surface area contributed by atoms with Crippen molar-refractivity contribution in [1.29, 1.82) is 0 Å². The molecule has 0 unspecified atom stereocenters. The van der Waals surface area contributed by atoms with Gasteiger partial charge in [-0.05, 0) is 44.2 Å². The first-order valence-electron chi connectivity index (χ1n) is 10.5. The summed E-state index contributed by atoms with van der Waals surface area (Å²) in [6.07, 6.45) is 0. The van der Waals surface area contributed by atoms with Crippen molar-refractivity contribution >= 4 is 27.1 Å². The summed E-state index contributed by atoms with van der Waals surface area (Å²) >= 11 is 0. The number of hydrogen-bond donors (Lipinski definition) is 1. The van der Waals surface area contributed by atoms with Gasteiger partial charge in [-0.2, -0.15) is 0 Å². The smallest absolute Gasteiger partial charge is 0.287 e. The zero-order valence-corrected chi connectivity index (χ0v) is 19.7. The lowest BCUT2D eigenvalue weighted by atomic mass is 10.1. The number of fused-ring (bicyclic) bond motifs is 1. The number of hydrogen-bond acceptors (Lipinski definition) is 7. The molecule has 0 radical (unpaired) electrons. The number of carbonyl (C=O) groups is 1. The van der Waals surface area contributed by atoms with E-state index >= 15 is 0 Å². The molecule has 1 N–H and O–H groups in total. The lowest BCUT2D eigenvalue weighted by Crippen LogP contribution is -2.16. The topological polar surface area (TPSA) is 120 Å². The number of nitrogens with zero attached hydrogens (tertiary/aromatic N) is 2. The van der Waals surface area contributed by atoms with Gasteiger partial charge < -0.3 is 14.6 Å². The van der Waals surface area contributed by atoms with E-state index in [4.69, 9.17) is 9.26 Å². The van der Waals surface area contributed by atoms with Gasteiger partial charge in [-0.1, -0.05) is 24.6 Å². The Bertz CT molecular complexity index is 1550. The van der Waals surface area contributed by atoms with E-state index in [9.17, 15) is 18.0 Å². The molecule has 0 bridgehead atoms. The Morgan fingerprint density at radius 3 is 2.65 bits per heavy atom. The summed E-state index contributed by atoms with van der Waals surface area (Å²) in [5.41, 5.74) is 1.83. The van der Waals surface area contributed by atoms with E-state index in [2.05, 4.69) is 10.3 Å². The minimum atomic E-state index is -3.51. The van der Waals surface area contributed by atoms with Crippen LogP contribution in [0.15, 0.2) is 68.8 Å². The van der Waals surface area contributed by atoms with Gasteiger partial charge in [0, 0.05) is 17.7 Å². The van der Waals surface area contributed by atoms with Gasteiger partial charge in [0.2, 0.25) is 0 Å². The van der Waals surface area contributed by atoms with Crippen LogP contribution in [0.25, 0.3) is 5.65 Å². The van der Waals surface area contributed by atoms with Gasteiger partial charge in [0.25, 0.3) is 11.5 Å². The number of carbonyl (C=O) groups excluding carboxylic acids is 1. The lowest BCUT2D eigenvalue weighted by Gasteiger charge is -2.14. The summed E-state index contributed by atoms with van der Waals surface area (Å²) in [5.74, 6) is 0.278. The molecule has 0 aliphatic heterocycles. The largest absolute Gasteiger partial charge is 0.485 e. The van der Waals surface area contributed by atoms with Crippen molar-refractivity contribution in [2.24, 2.45) is 0 Å². The molecule has 0 saturated heterocycles. The molecule has 34 heavy (non-hydrogen) atoms. The Labute approximate surface area is 195 Å². The van der Waals surface area contributed by atoms with Gasteiger partial charge in [-0.25, -0.2) is 13.4 Å². The number of nitrogens with one attached hydrogen (secondary N) is 1. The monoisotopic (exact) mass is 481 g/mol. The molecule has 2 aromatic heterocycles. The van der Waals surface area contributed by atoms with E-state index in [0.717, 1.165) is 10.1 Å². The van der Waals surface area contributed by atoms with Crippen molar-refractivity contribution in [3.05, 3.63) is 87.5 Å². The van der Waals surface area contributed by atoms with E-state index in [0.29, 0.717) is 22.7 Å². The van der Waals surface area contributed by atoms with Crippen LogP contribution in [0.4, 0.5) is 5.69 Å². The van der Waals surface area contributed by atoms with Gasteiger partial charge in [-0.15, -0.1) is 4.57 Å². The summed E-state index contributed by atoms with van der Waals surface area (Å²) in [7, 11) is -3.51. The highest BCUT2D eigenvalue weighted by atomic mass is 32.2. The van der Waals surface area contributed by atoms with Crippen LogP contribution >= 0.6 is 0 Å². The van der Waals surface area contributed by atoms with Crippen molar-refractivity contribution in [1.82, 2.24) is 9.56 Å². The third-order valence-electron chi connectivity index (χ3n) is 5.12. The number of sulfone groups is 1. The Morgan fingerprint density at radius 2 is 1.91 bits per heavy atom. The predicted molar refractivity (Wildman–Crippen MR) is 126 cm³/mol. The van der Waals surface area contributed by atoms with Gasteiger partial charge in [-0.3, -0.25) is 9.59 Å². The molecule has 0 aliphatic rings. The number of amides is 1. The second-order valence-corrected chi connectivity index (χ2v) is 10.0. The summed E-state index contributed by atoms with van der Waals surface area (Å²) in [6, 6.07) is 14.2. The molecule has 10 heteroatoms. The fraction of sp³-hybridized carbons (Fsp3) is 0.208. The number of benzene rings is 2. The molecule has 0 spiro atoms. The Hall–Kier alpha value is -3.92. The SMILES string of the molecule is CCS(=O)(=O)c1ccc(OCc2cc(=O)n3oc(C)cc3n2)c(NC(=O)c2cccc(C)c2)c1. The summed E-state index contributed by atoms with van der Waals surface area (Å²) in [5, 5.41) is 2.74. The van der Waals surface area contributed by atoms with E-state index < -0.39 is 21.3 Å². The third-order valence-corrected chi connectivity index (χ3v) is 6.85. The van der Waals surface area contributed by atoms with Crippen LogP contribution in [0.2, 0.25) is 0 Å². The standard InChI is InChI=1S/C24H23N3O6S/c1-4-34(30,31)19-8-9-21(20(13-19)26-24(29)17-7-5-6-15(2)10-17)32-14-18-12-23(28)27-22(25-18)11-16(3)33-27/h5-13H,4,14H2,1-3H3,(H,26,29). The summed E-state index contributed by atoms with van der Waals surface area (Å²) < 4.78 is 37.0. The average Bonchev–Trinajstić information content (AvgIpc) is 3.19. The van der Waals surface area contributed by atoms with Crippen LogP contribution in [-0.2, 0) is 16.4 Å². The number of aromatic nitrogens is 2. The van der Waals surface area contributed by atoms with E-state index in [1.807, 2.05) is 13.0 Å². The van der Waals surface area contributed by atoms with E-state index in [1.54, 1.807) is 38.1 Å². The number of rotatable bonds is 7. The van der Waals surface area contributed by atoms with Crippen LogP contribution in [0.5, 0.6) is 5.75 Å². The maximum Gasteiger partial charge on any atom is 0.287 e. The van der Waals surface area contributed by atoms with Crippen molar-refractivity contribution in [2.75, 3.05) is 11.1 Å². The molecule has 4 aromatic rings. The van der Waals surface area contributed by atoms with Crippen molar-refractivity contribution in [3.63, 3.8) is 0 Å². The first-order valence-corrected chi connectivity index (χ1v) is 12.2. The first-order chi connectivity index (χ1) is 16.2. The minimum absolute atomic E-state index is 0.0635. The van der Waals surface area contributed by atoms with E-state index in [-0.39, 0.29) is 28.7 Å². The molecular weight excluding hydrogens is 458 g/mol. The van der Waals surface area contributed by atoms with Crippen LogP contribution in [0.3, 0.4) is 0 Å². The quantitative estimate of drug-likeness (QED) is 0.429. The average molecular weight is 482 g/mol. The van der Waals surface area contributed by atoms with Crippen LogP contribution < -0.4 is 15.6 Å². The molecule has 1 amide bonds. The Balaban J connectivity index is 1.65. The highest BCUT2D eigenvalue weighted by Gasteiger charge is 2.18. The molecule has 0 fully saturated rings. The molecule has 4 rings (SSSR count). The second kappa shape index (κ2) is 9.14. The van der Waals surface area contributed by atoms with Crippen LogP contribution in [0, 0.1) is 13.8 Å². The zero-order valence-electron chi connectivity index (χ0n) is 18.9. The van der Waals surface area contributed by atoms with Crippen molar-refractivity contribution in [3.8, 4) is 5.75 Å². The highest BCUT2D eigenvalue weighted by Crippen LogP contribution is 2.29. The Morgan fingerprint density at radius 1 is 1.12 bits per heavy atom. The second-order valence-electron chi connectivity index (χ2n) is 7.76. The van der Waals surface area contributed by atoms with Gasteiger partial charge in [0.05, 0.1) is 22.0 Å². The van der Waals surface area contributed by atoms with Crippen molar-refractivity contribution < 1.29 is 22.5 Å². The fourth-order valence-electron chi connectivity index (χ4n) is 3.37. The fourth-order valence-corrected chi connectivity index (χ4v) is 4.28. The van der Waals surface area contributed by atoms with Crippen molar-refractivity contribution in [2.45, 2.75) is 32.3 Å². The predicted octanol–water partition coefficient (Wildman–Crippen LogP) is 3.53. The third kappa shape index (κ3) is 4.86. The molecule has 176 valence electrons. The minimum Gasteiger partial charge on any atom is -0.485 e. The molecule has 0 saturated carbocycles. The van der Waals surface area contributed by atoms with Gasteiger partial charge >= 0.3 is 0 Å². The maximum absolute atomic E-state index is 12.8. The molecule has 0 aliphatic carbocycles. The first kappa shape index (κ1) is 23.2. The molecule has 0 atom stereocenters. The normalized spacial score (nSPS) is 11.5. The van der Waals surface area contributed by atoms with Gasteiger partial charge in [0.15, 0.2) is 15.5 Å². The maximum atomic E-state index is 12.8. The molecular formula is C24H23N3O6S. The summed E-state index contributed by atoms with van der Waals surface area (Å²) in [4.78, 5) is 29.5. The molecule has 2 aromatic carbocycles.